The van der Waals surface area contributed by atoms with Crippen molar-refractivity contribution in [3.63, 3.8) is 0 Å². The molecule has 1 aromatic carbocycles. The van der Waals surface area contributed by atoms with E-state index in [1.807, 2.05) is 0 Å². The zero-order chi connectivity index (χ0) is 14.7. The van der Waals surface area contributed by atoms with E-state index >= 15 is 0 Å². The van der Waals surface area contributed by atoms with Crippen LogP contribution in [0.3, 0.4) is 0 Å². The first-order valence-corrected chi connectivity index (χ1v) is 5.57. The van der Waals surface area contributed by atoms with Crippen molar-refractivity contribution in [2.75, 3.05) is 6.67 Å². The second kappa shape index (κ2) is 5.55. The average molecular weight is 285 g/mol. The van der Waals surface area contributed by atoms with Crippen LogP contribution < -0.4 is 5.69 Å². The summed E-state index contributed by atoms with van der Waals surface area (Å²) in [5.74, 6) is -0.852. The van der Waals surface area contributed by atoms with Crippen LogP contribution in [0.4, 0.5) is 14.5 Å². The van der Waals surface area contributed by atoms with Crippen molar-refractivity contribution in [3.8, 4) is 5.69 Å². The van der Waals surface area contributed by atoms with Crippen molar-refractivity contribution in [1.82, 2.24) is 19.8 Å². The van der Waals surface area contributed by atoms with Crippen molar-refractivity contribution in [3.05, 3.63) is 44.6 Å². The molecule has 1 aromatic heterocycles. The number of aryl methyl sites for hydroxylation is 1. The molecule has 0 N–H and O–H groups in total. The van der Waals surface area contributed by atoms with Gasteiger partial charge in [0.15, 0.2) is 0 Å². The number of nitrogens with zero attached hydrogens (tertiary/aromatic N) is 5. The molecule has 2 rings (SSSR count). The van der Waals surface area contributed by atoms with E-state index in [0.717, 1.165) is 22.9 Å². The Labute approximate surface area is 110 Å². The number of hydrogen-bond acceptors (Lipinski definition) is 5. The third-order valence-corrected chi connectivity index (χ3v) is 2.51. The Kier molecular flexibility index (Phi) is 3.82. The minimum atomic E-state index is -0.852. The monoisotopic (exact) mass is 285 g/mol. The molecule has 0 bridgehead atoms. The van der Waals surface area contributed by atoms with E-state index in [9.17, 15) is 23.7 Å². The molecule has 106 valence electrons. The Morgan fingerprint density at radius 3 is 2.75 bits per heavy atom. The van der Waals surface area contributed by atoms with Crippen molar-refractivity contribution >= 4 is 5.69 Å². The molecule has 0 atom stereocenters. The quantitative estimate of drug-likeness (QED) is 0.599. The third kappa shape index (κ3) is 2.53. The molecule has 0 amide bonds. The Bertz CT molecular complexity index is 696. The first-order valence-electron chi connectivity index (χ1n) is 5.57. The van der Waals surface area contributed by atoms with Gasteiger partial charge in [0.1, 0.15) is 11.5 Å². The molecule has 0 aliphatic rings. The van der Waals surface area contributed by atoms with Gasteiger partial charge in [-0.1, -0.05) is 0 Å². The first kappa shape index (κ1) is 13.8. The Morgan fingerprint density at radius 2 is 2.10 bits per heavy atom. The fourth-order valence-electron chi connectivity index (χ4n) is 1.55. The summed E-state index contributed by atoms with van der Waals surface area (Å²) >= 11 is 0. The van der Waals surface area contributed by atoms with Crippen molar-refractivity contribution < 1.29 is 13.7 Å². The van der Waals surface area contributed by atoms with E-state index in [0.29, 0.717) is 4.68 Å². The van der Waals surface area contributed by atoms with Gasteiger partial charge in [0.25, 0.3) is 5.69 Å². The highest BCUT2D eigenvalue weighted by Crippen LogP contribution is 2.18. The topological polar surface area (TPSA) is 95.8 Å². The number of non-ortho nitro benzene ring substituents is 1. The minimum Gasteiger partial charge on any atom is -0.258 e. The van der Waals surface area contributed by atoms with Crippen LogP contribution in [-0.2, 0) is 6.54 Å². The van der Waals surface area contributed by atoms with Crippen LogP contribution in [0.1, 0.15) is 6.42 Å². The summed E-state index contributed by atoms with van der Waals surface area (Å²) in [5, 5.41) is 17.5. The van der Waals surface area contributed by atoms with Gasteiger partial charge in [-0.15, -0.1) is 0 Å². The fraction of sp³-hybridized carbons (Fsp3) is 0.300. The summed E-state index contributed by atoms with van der Waals surface area (Å²) in [6.07, 6.45) is 0.0655. The number of rotatable bonds is 5. The zero-order valence-corrected chi connectivity index (χ0v) is 10.1. The van der Waals surface area contributed by atoms with Crippen LogP contribution in [0.2, 0.25) is 0 Å². The Hall–Kier alpha value is -2.65. The van der Waals surface area contributed by atoms with Gasteiger partial charge in [-0.25, -0.2) is 9.18 Å². The smallest absolute Gasteiger partial charge is 0.258 e. The molecule has 0 saturated carbocycles. The maximum absolute atomic E-state index is 13.6. The molecule has 0 spiro atoms. The van der Waals surface area contributed by atoms with Gasteiger partial charge >= 0.3 is 5.69 Å². The third-order valence-electron chi connectivity index (χ3n) is 2.51. The van der Waals surface area contributed by atoms with Crippen LogP contribution in [-0.4, -0.2) is 31.4 Å². The number of halogens is 2. The summed E-state index contributed by atoms with van der Waals surface area (Å²) < 4.78 is 27.1. The highest BCUT2D eigenvalue weighted by atomic mass is 19.1. The lowest BCUT2D eigenvalue weighted by Crippen LogP contribution is -2.25. The lowest BCUT2D eigenvalue weighted by molar-refractivity contribution is -0.384. The second-order valence-corrected chi connectivity index (χ2v) is 3.83. The molecule has 0 radical (unpaired) electrons. The molecule has 8 nitrogen and oxygen atoms in total. The normalized spacial score (nSPS) is 10.7. The number of tetrazole rings is 1. The number of nitro groups is 1. The minimum absolute atomic E-state index is 0.00806. The molecule has 10 heteroatoms. The van der Waals surface area contributed by atoms with Crippen LogP contribution in [0.15, 0.2) is 23.0 Å². The molecule has 0 saturated heterocycles. The van der Waals surface area contributed by atoms with E-state index in [4.69, 9.17) is 0 Å². The highest BCUT2D eigenvalue weighted by Gasteiger charge is 2.16. The van der Waals surface area contributed by atoms with Gasteiger partial charge in [0, 0.05) is 12.1 Å². The van der Waals surface area contributed by atoms with Crippen LogP contribution in [0.5, 0.6) is 0 Å². The lowest BCUT2D eigenvalue weighted by Gasteiger charge is -2.00. The molecule has 0 unspecified atom stereocenters. The molecular weight excluding hydrogens is 276 g/mol. The van der Waals surface area contributed by atoms with E-state index in [1.165, 1.54) is 0 Å². The van der Waals surface area contributed by atoms with Gasteiger partial charge in [-0.3, -0.25) is 14.5 Å². The number of nitro benzene ring substituents is 1. The van der Waals surface area contributed by atoms with E-state index < -0.39 is 23.1 Å². The number of aromatic nitrogens is 4. The first-order chi connectivity index (χ1) is 9.54. The Morgan fingerprint density at radius 1 is 1.35 bits per heavy atom. The maximum Gasteiger partial charge on any atom is 0.368 e. The van der Waals surface area contributed by atoms with E-state index in [1.54, 1.807) is 0 Å². The van der Waals surface area contributed by atoms with E-state index in [-0.39, 0.29) is 24.3 Å². The maximum atomic E-state index is 13.6. The lowest BCUT2D eigenvalue weighted by atomic mass is 10.2. The van der Waals surface area contributed by atoms with Gasteiger partial charge in [-0.05, 0) is 22.9 Å². The molecule has 1 heterocycles. The largest absolute Gasteiger partial charge is 0.368 e. The molecule has 20 heavy (non-hydrogen) atoms. The molecule has 0 aliphatic heterocycles. The van der Waals surface area contributed by atoms with Crippen molar-refractivity contribution in [2.45, 2.75) is 13.0 Å². The standard InChI is InChI=1S/C10H9F2N5O3/c11-4-1-5-15-10(18)16(14-13-15)9-6-7(17(19)20)2-3-8(9)12/h2-3,6H,1,4-5H2. The second-order valence-electron chi connectivity index (χ2n) is 3.83. The van der Waals surface area contributed by atoms with E-state index in [2.05, 4.69) is 10.4 Å². The summed E-state index contributed by atoms with van der Waals surface area (Å²) in [4.78, 5) is 21.8. The molecule has 0 fully saturated rings. The van der Waals surface area contributed by atoms with Crippen molar-refractivity contribution in [2.24, 2.45) is 0 Å². The number of alkyl halides is 1. The predicted molar refractivity (Wildman–Crippen MR) is 62.8 cm³/mol. The summed E-state index contributed by atoms with van der Waals surface area (Å²) in [5.41, 5.74) is -1.56. The van der Waals surface area contributed by atoms with Gasteiger partial charge < -0.3 is 0 Å². The number of hydrogen-bond donors (Lipinski definition) is 0. The fourth-order valence-corrected chi connectivity index (χ4v) is 1.55. The van der Waals surface area contributed by atoms with Crippen LogP contribution >= 0.6 is 0 Å². The predicted octanol–water partition coefficient (Wildman–Crippen LogP) is 0.836. The summed E-state index contributed by atoms with van der Waals surface area (Å²) in [7, 11) is 0. The summed E-state index contributed by atoms with van der Waals surface area (Å²) in [6, 6.07) is 2.71. The molecule has 2 aromatic rings. The van der Waals surface area contributed by atoms with Gasteiger partial charge in [0.2, 0.25) is 0 Å². The number of benzene rings is 1. The van der Waals surface area contributed by atoms with Crippen LogP contribution in [0, 0.1) is 15.9 Å². The van der Waals surface area contributed by atoms with Gasteiger partial charge in [0.05, 0.1) is 18.1 Å². The molecule has 0 aliphatic carbocycles. The van der Waals surface area contributed by atoms with Gasteiger partial charge in [-0.2, -0.15) is 9.36 Å². The summed E-state index contributed by atoms with van der Waals surface area (Å²) in [6.45, 7) is -0.643. The zero-order valence-electron chi connectivity index (χ0n) is 10.1. The Balaban J connectivity index is 2.46. The molecular formula is C10H9F2N5O3. The SMILES string of the molecule is O=c1n(CCCF)nnn1-c1cc([N+](=O)[O-])ccc1F. The van der Waals surface area contributed by atoms with Crippen molar-refractivity contribution in [1.29, 1.82) is 0 Å². The highest BCUT2D eigenvalue weighted by molar-refractivity contribution is 5.43. The van der Waals surface area contributed by atoms with Crippen LogP contribution in [0.25, 0.3) is 5.69 Å². The average Bonchev–Trinajstić information content (AvgIpc) is 2.78.